The Hall–Kier alpha value is -1.42. The van der Waals surface area contributed by atoms with Crippen molar-refractivity contribution in [2.45, 2.75) is 25.7 Å². The van der Waals surface area contributed by atoms with Crippen LogP contribution in [0.25, 0.3) is 11.2 Å². The van der Waals surface area contributed by atoms with Crippen LogP contribution in [-0.4, -0.2) is 27.4 Å². The maximum atomic E-state index is 5.63. The van der Waals surface area contributed by atoms with E-state index in [1.807, 2.05) is 12.1 Å². The van der Waals surface area contributed by atoms with Crippen LogP contribution >= 0.6 is 11.6 Å². The molecule has 4 nitrogen and oxygen atoms in total. The SMILES string of the molecule is ClCCCCCCNc1ccc2nccnc2n1. The molecule has 2 rings (SSSR count). The van der Waals surface area contributed by atoms with Gasteiger partial charge in [-0.1, -0.05) is 12.8 Å². The van der Waals surface area contributed by atoms with Gasteiger partial charge in [0, 0.05) is 24.8 Å². The molecule has 96 valence electrons. The topological polar surface area (TPSA) is 50.7 Å². The van der Waals surface area contributed by atoms with E-state index in [1.165, 1.54) is 12.8 Å². The number of hydrogen-bond acceptors (Lipinski definition) is 4. The van der Waals surface area contributed by atoms with E-state index in [1.54, 1.807) is 12.4 Å². The average Bonchev–Trinajstić information content (AvgIpc) is 2.42. The van der Waals surface area contributed by atoms with Crippen molar-refractivity contribution in [3.05, 3.63) is 24.5 Å². The minimum Gasteiger partial charge on any atom is -0.370 e. The maximum absolute atomic E-state index is 5.63. The van der Waals surface area contributed by atoms with Crippen LogP contribution in [-0.2, 0) is 0 Å². The highest BCUT2D eigenvalue weighted by Gasteiger charge is 1.98. The first-order valence-electron chi connectivity index (χ1n) is 6.28. The lowest BCUT2D eigenvalue weighted by Gasteiger charge is -2.05. The molecule has 2 aromatic rings. The van der Waals surface area contributed by atoms with E-state index in [2.05, 4.69) is 20.3 Å². The molecule has 0 saturated heterocycles. The van der Waals surface area contributed by atoms with Crippen molar-refractivity contribution in [1.29, 1.82) is 0 Å². The summed E-state index contributed by atoms with van der Waals surface area (Å²) >= 11 is 5.63. The molecule has 0 bridgehead atoms. The molecule has 0 unspecified atom stereocenters. The van der Waals surface area contributed by atoms with Crippen molar-refractivity contribution in [3.8, 4) is 0 Å². The van der Waals surface area contributed by atoms with E-state index in [9.17, 15) is 0 Å². The van der Waals surface area contributed by atoms with Crippen LogP contribution in [0.3, 0.4) is 0 Å². The van der Waals surface area contributed by atoms with Gasteiger partial charge in [-0.3, -0.25) is 4.98 Å². The van der Waals surface area contributed by atoms with Crippen molar-refractivity contribution < 1.29 is 0 Å². The minimum atomic E-state index is 0.685. The molecule has 0 aliphatic carbocycles. The summed E-state index contributed by atoms with van der Waals surface area (Å²) in [6.07, 6.45) is 7.97. The summed E-state index contributed by atoms with van der Waals surface area (Å²) in [6.45, 7) is 0.932. The van der Waals surface area contributed by atoms with E-state index >= 15 is 0 Å². The van der Waals surface area contributed by atoms with Crippen molar-refractivity contribution >= 4 is 28.6 Å². The maximum Gasteiger partial charge on any atom is 0.180 e. The number of pyridine rings is 1. The van der Waals surface area contributed by atoms with Gasteiger partial charge in [-0.05, 0) is 25.0 Å². The quantitative estimate of drug-likeness (QED) is 0.616. The summed E-state index contributed by atoms with van der Waals surface area (Å²) in [4.78, 5) is 12.8. The summed E-state index contributed by atoms with van der Waals surface area (Å²) in [5, 5.41) is 3.30. The number of nitrogens with one attached hydrogen (secondary N) is 1. The lowest BCUT2D eigenvalue weighted by atomic mass is 10.2. The molecule has 2 heterocycles. The van der Waals surface area contributed by atoms with E-state index in [0.717, 1.165) is 36.6 Å². The number of alkyl halides is 1. The van der Waals surface area contributed by atoms with Crippen LogP contribution in [0.5, 0.6) is 0 Å². The summed E-state index contributed by atoms with van der Waals surface area (Å²) in [6, 6.07) is 3.88. The number of rotatable bonds is 7. The van der Waals surface area contributed by atoms with Gasteiger partial charge in [0.15, 0.2) is 5.65 Å². The van der Waals surface area contributed by atoms with Gasteiger partial charge in [0.05, 0.1) is 0 Å². The average molecular weight is 265 g/mol. The molecule has 0 saturated carbocycles. The fourth-order valence-corrected chi connectivity index (χ4v) is 1.93. The fraction of sp³-hybridized carbons (Fsp3) is 0.462. The summed E-state index contributed by atoms with van der Waals surface area (Å²) in [5.41, 5.74) is 1.51. The van der Waals surface area contributed by atoms with Gasteiger partial charge in [-0.2, -0.15) is 0 Å². The first-order valence-corrected chi connectivity index (χ1v) is 6.81. The third-order valence-electron chi connectivity index (χ3n) is 2.70. The Balaban J connectivity index is 1.81. The predicted octanol–water partition coefficient (Wildman–Crippen LogP) is 3.24. The lowest BCUT2D eigenvalue weighted by molar-refractivity contribution is 0.687. The summed E-state index contributed by atoms with van der Waals surface area (Å²) < 4.78 is 0. The van der Waals surface area contributed by atoms with Crippen molar-refractivity contribution in [1.82, 2.24) is 15.0 Å². The minimum absolute atomic E-state index is 0.685. The smallest absolute Gasteiger partial charge is 0.180 e. The highest BCUT2D eigenvalue weighted by molar-refractivity contribution is 6.17. The number of aromatic nitrogens is 3. The standard InChI is InChI=1S/C13H17ClN4/c14-7-3-1-2-4-8-16-12-6-5-11-13(18-12)17-10-9-15-11/h5-6,9-10H,1-4,7-8H2,(H,16,17,18). The van der Waals surface area contributed by atoms with Crippen LogP contribution in [0.4, 0.5) is 5.82 Å². The highest BCUT2D eigenvalue weighted by Crippen LogP contribution is 2.10. The molecule has 0 atom stereocenters. The van der Waals surface area contributed by atoms with Gasteiger partial charge in [0.25, 0.3) is 0 Å². The van der Waals surface area contributed by atoms with E-state index in [-0.39, 0.29) is 0 Å². The molecular weight excluding hydrogens is 248 g/mol. The lowest BCUT2D eigenvalue weighted by Crippen LogP contribution is -2.03. The molecule has 0 aliphatic heterocycles. The number of nitrogens with zero attached hydrogens (tertiary/aromatic N) is 3. The molecular formula is C13H17ClN4. The molecule has 18 heavy (non-hydrogen) atoms. The Kier molecular flexibility index (Phi) is 5.15. The molecule has 1 N–H and O–H groups in total. The van der Waals surface area contributed by atoms with Crippen molar-refractivity contribution in [2.24, 2.45) is 0 Å². The number of unbranched alkanes of at least 4 members (excludes halogenated alkanes) is 3. The van der Waals surface area contributed by atoms with Crippen LogP contribution < -0.4 is 5.32 Å². The molecule has 0 aliphatic rings. The van der Waals surface area contributed by atoms with Gasteiger partial charge < -0.3 is 5.32 Å². The van der Waals surface area contributed by atoms with Gasteiger partial charge in [0.1, 0.15) is 11.3 Å². The van der Waals surface area contributed by atoms with Gasteiger partial charge in [0.2, 0.25) is 0 Å². The Morgan fingerprint density at radius 3 is 2.72 bits per heavy atom. The second-order valence-corrected chi connectivity index (χ2v) is 4.50. The van der Waals surface area contributed by atoms with Gasteiger partial charge in [-0.25, -0.2) is 9.97 Å². The second kappa shape index (κ2) is 7.11. The number of hydrogen-bond donors (Lipinski definition) is 1. The zero-order valence-corrected chi connectivity index (χ0v) is 11.0. The van der Waals surface area contributed by atoms with Crippen LogP contribution in [0, 0.1) is 0 Å². The highest BCUT2D eigenvalue weighted by atomic mass is 35.5. The van der Waals surface area contributed by atoms with Crippen LogP contribution in [0.15, 0.2) is 24.5 Å². The fourth-order valence-electron chi connectivity index (χ4n) is 1.74. The number of halogens is 1. The zero-order chi connectivity index (χ0) is 12.6. The third kappa shape index (κ3) is 3.81. The third-order valence-corrected chi connectivity index (χ3v) is 2.97. The first kappa shape index (κ1) is 13.0. The molecule has 0 radical (unpaired) electrons. The Morgan fingerprint density at radius 1 is 1.00 bits per heavy atom. The molecule has 0 fully saturated rings. The van der Waals surface area contributed by atoms with Crippen molar-refractivity contribution in [2.75, 3.05) is 17.7 Å². The molecule has 2 aromatic heterocycles. The largest absolute Gasteiger partial charge is 0.370 e. The van der Waals surface area contributed by atoms with Crippen molar-refractivity contribution in [3.63, 3.8) is 0 Å². The predicted molar refractivity (Wildman–Crippen MR) is 75.0 cm³/mol. The molecule has 0 aromatic carbocycles. The normalized spacial score (nSPS) is 10.7. The van der Waals surface area contributed by atoms with Gasteiger partial charge in [-0.15, -0.1) is 11.6 Å². The van der Waals surface area contributed by atoms with Crippen LogP contribution in [0.1, 0.15) is 25.7 Å². The Morgan fingerprint density at radius 2 is 1.83 bits per heavy atom. The zero-order valence-electron chi connectivity index (χ0n) is 10.3. The molecule has 0 amide bonds. The van der Waals surface area contributed by atoms with E-state index in [0.29, 0.717) is 5.65 Å². The second-order valence-electron chi connectivity index (χ2n) is 4.13. The molecule has 0 spiro atoms. The molecule has 5 heteroatoms. The van der Waals surface area contributed by atoms with E-state index in [4.69, 9.17) is 11.6 Å². The number of fused-ring (bicyclic) bond motifs is 1. The monoisotopic (exact) mass is 264 g/mol. The summed E-state index contributed by atoms with van der Waals surface area (Å²) in [7, 11) is 0. The Labute approximate surface area is 112 Å². The summed E-state index contributed by atoms with van der Waals surface area (Å²) in [5.74, 6) is 1.62. The van der Waals surface area contributed by atoms with Gasteiger partial charge >= 0.3 is 0 Å². The number of anilines is 1. The first-order chi connectivity index (χ1) is 8.90. The Bertz CT molecular complexity index is 489. The van der Waals surface area contributed by atoms with Crippen LogP contribution in [0.2, 0.25) is 0 Å². The van der Waals surface area contributed by atoms with E-state index < -0.39 is 0 Å².